The average molecular weight is 227 g/mol. The summed E-state index contributed by atoms with van der Waals surface area (Å²) >= 11 is 0. The first-order valence-corrected chi connectivity index (χ1v) is 6.66. The Morgan fingerprint density at radius 2 is 2.19 bits per heavy atom. The highest BCUT2D eigenvalue weighted by Gasteiger charge is 2.21. The molecule has 1 amide bonds. The molecule has 3 nitrogen and oxygen atoms in total. The fourth-order valence-corrected chi connectivity index (χ4v) is 2.24. The van der Waals surface area contributed by atoms with Crippen LogP contribution in [0, 0.1) is 5.92 Å². The third-order valence-electron chi connectivity index (χ3n) is 3.21. The molecule has 0 aromatic carbocycles. The zero-order valence-electron chi connectivity index (χ0n) is 10.6. The molecular weight excluding hydrogens is 202 g/mol. The van der Waals surface area contributed by atoms with E-state index in [0.29, 0.717) is 5.92 Å². The van der Waals surface area contributed by atoms with Crippen molar-refractivity contribution in [3.63, 3.8) is 0 Å². The van der Waals surface area contributed by atoms with Crippen molar-refractivity contribution in [3.8, 4) is 0 Å². The van der Waals surface area contributed by atoms with E-state index in [-0.39, 0.29) is 12.2 Å². The lowest BCUT2D eigenvalue weighted by molar-refractivity contribution is 0.0624. The number of rotatable bonds is 5. The first-order valence-electron chi connectivity index (χ1n) is 6.66. The second-order valence-corrected chi connectivity index (χ2v) is 4.93. The number of hydrogen-bond donors (Lipinski definition) is 1. The van der Waals surface area contributed by atoms with Gasteiger partial charge in [0.25, 0.3) is 0 Å². The predicted molar refractivity (Wildman–Crippen MR) is 65.4 cm³/mol. The number of unbranched alkanes of at least 4 members (excludes halogenated alkanes) is 2. The van der Waals surface area contributed by atoms with Crippen molar-refractivity contribution in [2.24, 2.45) is 5.92 Å². The fraction of sp³-hybridized carbons (Fsp3) is 0.923. The molecule has 0 spiro atoms. The molecule has 0 aromatic heterocycles. The molecule has 1 saturated carbocycles. The first kappa shape index (κ1) is 13.3. The largest absolute Gasteiger partial charge is 0.446 e. The van der Waals surface area contributed by atoms with Gasteiger partial charge in [-0.05, 0) is 31.6 Å². The van der Waals surface area contributed by atoms with Crippen LogP contribution in [-0.2, 0) is 4.74 Å². The SMILES string of the molecule is CCCCCNC(=O)OC1CCCC(C)C1. The number of carbonyl (C=O) groups is 1. The lowest BCUT2D eigenvalue weighted by Gasteiger charge is -2.26. The number of alkyl carbamates (subject to hydrolysis) is 1. The van der Waals surface area contributed by atoms with Gasteiger partial charge < -0.3 is 10.1 Å². The Labute approximate surface area is 98.9 Å². The maximum atomic E-state index is 11.4. The molecule has 1 aliphatic carbocycles. The van der Waals surface area contributed by atoms with Crippen LogP contribution in [0.1, 0.15) is 58.8 Å². The van der Waals surface area contributed by atoms with E-state index in [2.05, 4.69) is 19.2 Å². The van der Waals surface area contributed by atoms with E-state index in [1.807, 2.05) is 0 Å². The summed E-state index contributed by atoms with van der Waals surface area (Å²) in [6.45, 7) is 5.13. The van der Waals surface area contributed by atoms with E-state index in [1.165, 1.54) is 25.7 Å². The van der Waals surface area contributed by atoms with Crippen molar-refractivity contribution in [2.75, 3.05) is 6.54 Å². The molecule has 3 heteroatoms. The Morgan fingerprint density at radius 1 is 1.38 bits per heavy atom. The molecule has 1 fully saturated rings. The third-order valence-corrected chi connectivity index (χ3v) is 3.21. The Morgan fingerprint density at radius 3 is 2.88 bits per heavy atom. The lowest BCUT2D eigenvalue weighted by Crippen LogP contribution is -2.32. The van der Waals surface area contributed by atoms with Crippen molar-refractivity contribution < 1.29 is 9.53 Å². The second kappa shape index (κ2) is 7.53. The van der Waals surface area contributed by atoms with Gasteiger partial charge in [-0.2, -0.15) is 0 Å². The van der Waals surface area contributed by atoms with Crippen molar-refractivity contribution in [3.05, 3.63) is 0 Å². The van der Waals surface area contributed by atoms with Crippen molar-refractivity contribution in [2.45, 2.75) is 64.9 Å². The standard InChI is InChI=1S/C13H25NO2/c1-3-4-5-9-14-13(15)16-12-8-6-7-11(2)10-12/h11-12H,3-10H2,1-2H3,(H,14,15). The van der Waals surface area contributed by atoms with Gasteiger partial charge in [0, 0.05) is 6.54 Å². The van der Waals surface area contributed by atoms with Gasteiger partial charge in [0.2, 0.25) is 0 Å². The summed E-state index contributed by atoms with van der Waals surface area (Å²) in [7, 11) is 0. The van der Waals surface area contributed by atoms with Crippen LogP contribution < -0.4 is 5.32 Å². The van der Waals surface area contributed by atoms with E-state index < -0.39 is 0 Å². The minimum atomic E-state index is -0.227. The van der Waals surface area contributed by atoms with Crippen LogP contribution in [0.3, 0.4) is 0 Å². The molecule has 0 heterocycles. The number of nitrogens with one attached hydrogen (secondary N) is 1. The van der Waals surface area contributed by atoms with Gasteiger partial charge in [-0.25, -0.2) is 4.79 Å². The minimum Gasteiger partial charge on any atom is -0.446 e. The summed E-state index contributed by atoms with van der Waals surface area (Å²) in [4.78, 5) is 11.4. The van der Waals surface area contributed by atoms with Crippen LogP contribution in [0.25, 0.3) is 0 Å². The summed E-state index contributed by atoms with van der Waals surface area (Å²) in [6, 6.07) is 0. The zero-order valence-corrected chi connectivity index (χ0v) is 10.6. The van der Waals surface area contributed by atoms with Gasteiger partial charge in [0.15, 0.2) is 0 Å². The van der Waals surface area contributed by atoms with Gasteiger partial charge in [0.05, 0.1) is 0 Å². The molecule has 16 heavy (non-hydrogen) atoms. The normalized spacial score (nSPS) is 25.1. The van der Waals surface area contributed by atoms with Gasteiger partial charge in [-0.1, -0.05) is 33.1 Å². The van der Waals surface area contributed by atoms with Crippen molar-refractivity contribution >= 4 is 6.09 Å². The van der Waals surface area contributed by atoms with Crippen LogP contribution in [0.15, 0.2) is 0 Å². The average Bonchev–Trinajstić information content (AvgIpc) is 2.24. The monoisotopic (exact) mass is 227 g/mol. The molecule has 1 N–H and O–H groups in total. The molecule has 2 unspecified atom stereocenters. The van der Waals surface area contributed by atoms with E-state index in [1.54, 1.807) is 0 Å². The third kappa shape index (κ3) is 5.38. The summed E-state index contributed by atoms with van der Waals surface area (Å²) in [5.74, 6) is 0.701. The molecule has 94 valence electrons. The molecule has 0 bridgehead atoms. The van der Waals surface area contributed by atoms with Crippen LogP contribution in [0.4, 0.5) is 4.79 Å². The van der Waals surface area contributed by atoms with Gasteiger partial charge >= 0.3 is 6.09 Å². The summed E-state index contributed by atoms with van der Waals surface area (Å²) < 4.78 is 5.39. The lowest BCUT2D eigenvalue weighted by atomic mass is 9.89. The number of amides is 1. The molecule has 0 radical (unpaired) electrons. The number of hydrogen-bond acceptors (Lipinski definition) is 2. The molecule has 0 aliphatic heterocycles. The van der Waals surface area contributed by atoms with Crippen molar-refractivity contribution in [1.82, 2.24) is 5.32 Å². The number of carbonyl (C=O) groups excluding carboxylic acids is 1. The fourth-order valence-electron chi connectivity index (χ4n) is 2.24. The topological polar surface area (TPSA) is 38.3 Å². The van der Waals surface area contributed by atoms with Crippen LogP contribution in [-0.4, -0.2) is 18.7 Å². The molecule has 1 rings (SSSR count). The highest BCUT2D eigenvalue weighted by molar-refractivity contribution is 5.67. The summed E-state index contributed by atoms with van der Waals surface area (Å²) in [6.07, 6.45) is 7.84. The van der Waals surface area contributed by atoms with Gasteiger partial charge in [0.1, 0.15) is 6.10 Å². The maximum Gasteiger partial charge on any atom is 0.407 e. The maximum absolute atomic E-state index is 11.4. The number of ether oxygens (including phenoxy) is 1. The van der Waals surface area contributed by atoms with E-state index in [9.17, 15) is 4.79 Å². The van der Waals surface area contributed by atoms with Crippen LogP contribution in [0.5, 0.6) is 0 Å². The molecular formula is C13H25NO2. The predicted octanol–water partition coefficient (Wildman–Crippen LogP) is 3.48. The molecule has 1 aliphatic rings. The minimum absolute atomic E-state index is 0.148. The van der Waals surface area contributed by atoms with Gasteiger partial charge in [-0.15, -0.1) is 0 Å². The Kier molecular flexibility index (Phi) is 6.27. The van der Waals surface area contributed by atoms with E-state index in [0.717, 1.165) is 25.8 Å². The highest BCUT2D eigenvalue weighted by Crippen LogP contribution is 2.25. The quantitative estimate of drug-likeness (QED) is 0.730. The van der Waals surface area contributed by atoms with Crippen molar-refractivity contribution in [1.29, 1.82) is 0 Å². The second-order valence-electron chi connectivity index (χ2n) is 4.93. The van der Waals surface area contributed by atoms with Crippen LogP contribution in [0.2, 0.25) is 0 Å². The van der Waals surface area contributed by atoms with Gasteiger partial charge in [-0.3, -0.25) is 0 Å². The smallest absolute Gasteiger partial charge is 0.407 e. The van der Waals surface area contributed by atoms with E-state index in [4.69, 9.17) is 4.74 Å². The Balaban J connectivity index is 2.08. The zero-order chi connectivity index (χ0) is 11.8. The first-order chi connectivity index (χ1) is 7.72. The summed E-state index contributed by atoms with van der Waals surface area (Å²) in [5.41, 5.74) is 0. The summed E-state index contributed by atoms with van der Waals surface area (Å²) in [5, 5.41) is 2.82. The highest BCUT2D eigenvalue weighted by atomic mass is 16.6. The Bertz CT molecular complexity index is 206. The Hall–Kier alpha value is -0.730. The molecule has 2 atom stereocenters. The van der Waals surface area contributed by atoms with E-state index >= 15 is 0 Å². The van der Waals surface area contributed by atoms with Crippen LogP contribution >= 0.6 is 0 Å². The molecule has 0 aromatic rings. The molecule has 0 saturated heterocycles.